The molecular formula is C11H21NO5. The highest BCUT2D eigenvalue weighted by molar-refractivity contribution is 5.78. The second-order valence-corrected chi connectivity index (χ2v) is 4.43. The van der Waals surface area contributed by atoms with Crippen LogP contribution in [0.4, 0.5) is 0 Å². The highest BCUT2D eigenvalue weighted by atomic mass is 16.6. The van der Waals surface area contributed by atoms with Crippen LogP contribution in [0.2, 0.25) is 0 Å². The van der Waals surface area contributed by atoms with Gasteiger partial charge in [-0.2, -0.15) is 0 Å². The van der Waals surface area contributed by atoms with Crippen LogP contribution in [0.15, 0.2) is 0 Å². The van der Waals surface area contributed by atoms with Crippen LogP contribution in [0.1, 0.15) is 20.3 Å². The minimum absolute atomic E-state index is 0.0906. The first kappa shape index (κ1) is 14.4. The van der Waals surface area contributed by atoms with Gasteiger partial charge in [0.2, 0.25) is 5.91 Å². The molecule has 0 spiro atoms. The van der Waals surface area contributed by atoms with E-state index in [1.165, 1.54) is 0 Å². The first-order chi connectivity index (χ1) is 8.01. The number of carbonyl (C=O) groups is 1. The Balaban J connectivity index is 2.40. The Labute approximate surface area is 101 Å². The molecule has 6 nitrogen and oxygen atoms in total. The maximum Gasteiger partial charge on any atom is 0.222 e. The van der Waals surface area contributed by atoms with Crippen LogP contribution in [-0.4, -0.2) is 58.8 Å². The molecule has 1 rings (SSSR count). The van der Waals surface area contributed by atoms with Gasteiger partial charge in [-0.15, -0.1) is 0 Å². The first-order valence-electron chi connectivity index (χ1n) is 5.91. The summed E-state index contributed by atoms with van der Waals surface area (Å²) >= 11 is 0. The SMILES string of the molecule is CCC(C)C(=O)NC[C@@H]1O[C@H](CO)[C@@H](O)[C@@H]1O. The van der Waals surface area contributed by atoms with Crippen LogP contribution in [0.3, 0.4) is 0 Å². The maximum absolute atomic E-state index is 11.5. The number of aliphatic hydroxyl groups excluding tert-OH is 3. The molecule has 1 aliphatic heterocycles. The molecule has 0 aromatic rings. The molecule has 0 bridgehead atoms. The smallest absolute Gasteiger partial charge is 0.222 e. The van der Waals surface area contributed by atoms with Crippen LogP contribution < -0.4 is 5.32 Å². The van der Waals surface area contributed by atoms with Crippen molar-refractivity contribution < 1.29 is 24.9 Å². The lowest BCUT2D eigenvalue weighted by molar-refractivity contribution is -0.125. The molecule has 4 N–H and O–H groups in total. The topological polar surface area (TPSA) is 99.0 Å². The summed E-state index contributed by atoms with van der Waals surface area (Å²) in [5.74, 6) is -0.197. The van der Waals surface area contributed by atoms with E-state index in [9.17, 15) is 15.0 Å². The summed E-state index contributed by atoms with van der Waals surface area (Å²) in [7, 11) is 0. The number of rotatable bonds is 5. The molecule has 1 aliphatic rings. The second kappa shape index (κ2) is 6.30. The number of amides is 1. The molecule has 0 aromatic carbocycles. The number of ether oxygens (including phenoxy) is 1. The molecule has 6 heteroatoms. The summed E-state index contributed by atoms with van der Waals surface area (Å²) in [6, 6.07) is 0. The van der Waals surface area contributed by atoms with Gasteiger partial charge in [-0.1, -0.05) is 13.8 Å². The predicted octanol–water partition coefficient (Wildman–Crippen LogP) is -1.37. The molecule has 5 atom stereocenters. The van der Waals surface area contributed by atoms with E-state index in [0.29, 0.717) is 0 Å². The van der Waals surface area contributed by atoms with E-state index < -0.39 is 24.4 Å². The van der Waals surface area contributed by atoms with Crippen molar-refractivity contribution in [3.8, 4) is 0 Å². The zero-order valence-electron chi connectivity index (χ0n) is 10.2. The number of hydrogen-bond acceptors (Lipinski definition) is 5. The van der Waals surface area contributed by atoms with Gasteiger partial charge in [-0.3, -0.25) is 4.79 Å². The van der Waals surface area contributed by atoms with Gasteiger partial charge < -0.3 is 25.4 Å². The molecular weight excluding hydrogens is 226 g/mol. The van der Waals surface area contributed by atoms with Crippen molar-refractivity contribution >= 4 is 5.91 Å². The van der Waals surface area contributed by atoms with Crippen LogP contribution in [0.5, 0.6) is 0 Å². The van der Waals surface area contributed by atoms with E-state index in [-0.39, 0.29) is 25.0 Å². The van der Waals surface area contributed by atoms with Gasteiger partial charge in [0.1, 0.15) is 24.4 Å². The fourth-order valence-electron chi connectivity index (χ4n) is 1.71. The van der Waals surface area contributed by atoms with Crippen molar-refractivity contribution in [2.45, 2.75) is 44.7 Å². The van der Waals surface area contributed by atoms with Crippen molar-refractivity contribution in [3.05, 3.63) is 0 Å². The largest absolute Gasteiger partial charge is 0.394 e. The predicted molar refractivity (Wildman–Crippen MR) is 60.2 cm³/mol. The highest BCUT2D eigenvalue weighted by Crippen LogP contribution is 2.20. The van der Waals surface area contributed by atoms with E-state index in [2.05, 4.69) is 5.32 Å². The zero-order chi connectivity index (χ0) is 13.0. The third-order valence-electron chi connectivity index (χ3n) is 3.18. The molecule has 1 unspecified atom stereocenters. The number of nitrogens with one attached hydrogen (secondary N) is 1. The lowest BCUT2D eigenvalue weighted by atomic mass is 10.1. The van der Waals surface area contributed by atoms with Crippen molar-refractivity contribution in [1.29, 1.82) is 0 Å². The molecule has 100 valence electrons. The summed E-state index contributed by atoms with van der Waals surface area (Å²) in [4.78, 5) is 11.5. The standard InChI is InChI=1S/C11H21NO5/c1-3-6(2)11(16)12-4-7-9(14)10(15)8(5-13)17-7/h6-10,13-15H,3-5H2,1-2H3,(H,12,16)/t6?,7-,8+,9+,10+/m0/s1. The van der Waals surface area contributed by atoms with Gasteiger partial charge >= 0.3 is 0 Å². The minimum Gasteiger partial charge on any atom is -0.394 e. The first-order valence-corrected chi connectivity index (χ1v) is 5.91. The maximum atomic E-state index is 11.5. The summed E-state index contributed by atoms with van der Waals surface area (Å²) in [5, 5.41) is 30.7. The Bertz CT molecular complexity index is 260. The number of hydrogen-bond donors (Lipinski definition) is 4. The second-order valence-electron chi connectivity index (χ2n) is 4.43. The molecule has 0 radical (unpaired) electrons. The lowest BCUT2D eigenvalue weighted by Crippen LogP contribution is -2.41. The summed E-state index contributed by atoms with van der Waals surface area (Å²) in [6.45, 7) is 3.51. The van der Waals surface area contributed by atoms with Gasteiger partial charge in [0.05, 0.1) is 6.61 Å². The molecule has 1 heterocycles. The van der Waals surface area contributed by atoms with Crippen LogP contribution in [0, 0.1) is 5.92 Å². The minimum atomic E-state index is -1.11. The normalized spacial score (nSPS) is 34.6. The third-order valence-corrected chi connectivity index (χ3v) is 3.18. The van der Waals surface area contributed by atoms with Crippen LogP contribution in [0.25, 0.3) is 0 Å². The lowest BCUT2D eigenvalue weighted by Gasteiger charge is -2.17. The Kier molecular flexibility index (Phi) is 5.32. The van der Waals surface area contributed by atoms with Gasteiger partial charge in [0.15, 0.2) is 0 Å². The average Bonchev–Trinajstić information content (AvgIpc) is 2.62. The van der Waals surface area contributed by atoms with Crippen molar-refractivity contribution in [3.63, 3.8) is 0 Å². The van der Waals surface area contributed by atoms with Crippen molar-refractivity contribution in [1.82, 2.24) is 5.32 Å². The average molecular weight is 247 g/mol. The van der Waals surface area contributed by atoms with Gasteiger partial charge in [-0.25, -0.2) is 0 Å². The Morgan fingerprint density at radius 1 is 1.35 bits per heavy atom. The molecule has 1 fully saturated rings. The van der Waals surface area contributed by atoms with E-state index in [1.54, 1.807) is 0 Å². The Morgan fingerprint density at radius 2 is 1.94 bits per heavy atom. The number of carbonyl (C=O) groups excluding carboxylic acids is 1. The quantitative estimate of drug-likeness (QED) is 0.480. The molecule has 1 amide bonds. The zero-order valence-corrected chi connectivity index (χ0v) is 10.2. The molecule has 0 saturated carbocycles. The summed E-state index contributed by atoms with van der Waals surface area (Å²) < 4.78 is 5.23. The van der Waals surface area contributed by atoms with E-state index >= 15 is 0 Å². The van der Waals surface area contributed by atoms with Gasteiger partial charge in [0.25, 0.3) is 0 Å². The molecule has 0 aromatic heterocycles. The third kappa shape index (κ3) is 3.38. The highest BCUT2D eigenvalue weighted by Gasteiger charge is 2.42. The van der Waals surface area contributed by atoms with Gasteiger partial charge in [0, 0.05) is 12.5 Å². The fourth-order valence-corrected chi connectivity index (χ4v) is 1.71. The van der Waals surface area contributed by atoms with Gasteiger partial charge in [-0.05, 0) is 6.42 Å². The summed E-state index contributed by atoms with van der Waals surface area (Å²) in [5.41, 5.74) is 0. The van der Waals surface area contributed by atoms with Crippen molar-refractivity contribution in [2.24, 2.45) is 5.92 Å². The van der Waals surface area contributed by atoms with E-state index in [0.717, 1.165) is 6.42 Å². The van der Waals surface area contributed by atoms with Crippen LogP contribution >= 0.6 is 0 Å². The Morgan fingerprint density at radius 3 is 2.41 bits per heavy atom. The summed E-state index contributed by atoms with van der Waals surface area (Å²) in [6.07, 6.45) is -2.90. The molecule has 0 aliphatic carbocycles. The molecule has 1 saturated heterocycles. The number of aliphatic hydroxyl groups is 3. The Hall–Kier alpha value is -0.690. The van der Waals surface area contributed by atoms with Crippen molar-refractivity contribution in [2.75, 3.05) is 13.2 Å². The molecule has 17 heavy (non-hydrogen) atoms. The fraction of sp³-hybridized carbons (Fsp3) is 0.909. The van der Waals surface area contributed by atoms with E-state index in [4.69, 9.17) is 9.84 Å². The van der Waals surface area contributed by atoms with E-state index in [1.807, 2.05) is 13.8 Å². The monoisotopic (exact) mass is 247 g/mol. The van der Waals surface area contributed by atoms with Crippen LogP contribution in [-0.2, 0) is 9.53 Å².